The fourth-order valence-corrected chi connectivity index (χ4v) is 2.32. The van der Waals surface area contributed by atoms with Crippen molar-refractivity contribution in [3.05, 3.63) is 12.4 Å². The Morgan fingerprint density at radius 3 is 2.82 bits per heavy atom. The van der Waals surface area contributed by atoms with Crippen LogP contribution in [0.5, 0.6) is 0 Å². The van der Waals surface area contributed by atoms with Gasteiger partial charge in [-0.1, -0.05) is 13.3 Å². The van der Waals surface area contributed by atoms with E-state index >= 15 is 0 Å². The Morgan fingerprint density at radius 1 is 1.41 bits per heavy atom. The fourth-order valence-electron chi connectivity index (χ4n) is 1.30. The summed E-state index contributed by atoms with van der Waals surface area (Å²) in [6, 6.07) is 0. The van der Waals surface area contributed by atoms with Gasteiger partial charge in [0, 0.05) is 19.3 Å². The summed E-state index contributed by atoms with van der Waals surface area (Å²) < 4.78 is 27.8. The maximum Gasteiger partial charge on any atom is 0.243 e. The van der Waals surface area contributed by atoms with Gasteiger partial charge in [-0.25, -0.2) is 13.1 Å². The molecule has 0 saturated heterocycles. The van der Waals surface area contributed by atoms with Crippen LogP contribution in [0.25, 0.3) is 0 Å². The molecular formula is C10H20N4O2S. The molecular weight excluding hydrogens is 240 g/mol. The first-order chi connectivity index (χ1) is 8.10. The highest BCUT2D eigenvalue weighted by Gasteiger charge is 2.15. The van der Waals surface area contributed by atoms with Crippen molar-refractivity contribution in [1.82, 2.24) is 19.8 Å². The van der Waals surface area contributed by atoms with E-state index in [1.165, 1.54) is 6.20 Å². The second kappa shape index (κ2) is 6.73. The third kappa shape index (κ3) is 4.45. The van der Waals surface area contributed by atoms with Gasteiger partial charge < -0.3 is 5.32 Å². The molecule has 1 heterocycles. The second-order valence-corrected chi connectivity index (χ2v) is 5.56. The molecule has 0 aromatic carbocycles. The van der Waals surface area contributed by atoms with Crippen molar-refractivity contribution < 1.29 is 8.42 Å². The Kier molecular flexibility index (Phi) is 5.60. The number of likely N-dealkylation sites (N-methyl/N-ethyl adjacent to an activating group) is 1. The zero-order valence-electron chi connectivity index (χ0n) is 10.3. The lowest BCUT2D eigenvalue weighted by Crippen LogP contribution is -2.24. The highest BCUT2D eigenvalue weighted by molar-refractivity contribution is 7.89. The van der Waals surface area contributed by atoms with Crippen LogP contribution in [0.4, 0.5) is 0 Å². The topological polar surface area (TPSA) is 76.0 Å². The molecule has 0 spiro atoms. The summed E-state index contributed by atoms with van der Waals surface area (Å²) in [6.45, 7) is 3.90. The SMILES string of the molecule is CCCCNS(=O)(=O)c1cnn(CCNC)c1. The largest absolute Gasteiger partial charge is 0.318 e. The van der Waals surface area contributed by atoms with Crippen molar-refractivity contribution in [2.75, 3.05) is 20.1 Å². The minimum absolute atomic E-state index is 0.227. The van der Waals surface area contributed by atoms with Gasteiger partial charge in [-0.3, -0.25) is 4.68 Å². The third-order valence-electron chi connectivity index (χ3n) is 2.33. The molecule has 0 fully saturated rings. The molecule has 17 heavy (non-hydrogen) atoms. The van der Waals surface area contributed by atoms with Crippen molar-refractivity contribution in [1.29, 1.82) is 0 Å². The first-order valence-electron chi connectivity index (χ1n) is 5.77. The third-order valence-corrected chi connectivity index (χ3v) is 3.75. The minimum atomic E-state index is -3.39. The van der Waals surface area contributed by atoms with Gasteiger partial charge in [0.2, 0.25) is 10.0 Å². The van der Waals surface area contributed by atoms with Crippen LogP contribution in [0.1, 0.15) is 19.8 Å². The normalized spacial score (nSPS) is 11.9. The van der Waals surface area contributed by atoms with Crippen LogP contribution in [0.15, 0.2) is 17.3 Å². The Balaban J connectivity index is 2.61. The number of nitrogens with one attached hydrogen (secondary N) is 2. The maximum absolute atomic E-state index is 11.8. The summed E-state index contributed by atoms with van der Waals surface area (Å²) in [5, 5.41) is 6.99. The number of unbranched alkanes of at least 4 members (excludes halogenated alkanes) is 1. The predicted octanol–water partition coefficient (Wildman–Crippen LogP) is 0.181. The molecule has 2 N–H and O–H groups in total. The van der Waals surface area contributed by atoms with Crippen LogP contribution in [-0.4, -0.2) is 38.3 Å². The lowest BCUT2D eigenvalue weighted by Gasteiger charge is -2.03. The van der Waals surface area contributed by atoms with Crippen molar-refractivity contribution in [3.63, 3.8) is 0 Å². The maximum atomic E-state index is 11.8. The van der Waals surface area contributed by atoms with Crippen LogP contribution < -0.4 is 10.0 Å². The molecule has 0 aliphatic heterocycles. The lowest BCUT2D eigenvalue weighted by atomic mass is 10.3. The summed E-state index contributed by atoms with van der Waals surface area (Å²) in [5.74, 6) is 0. The van der Waals surface area contributed by atoms with Crippen LogP contribution in [-0.2, 0) is 16.6 Å². The van der Waals surface area contributed by atoms with Crippen LogP contribution in [0.2, 0.25) is 0 Å². The molecule has 0 bridgehead atoms. The number of hydrogen-bond donors (Lipinski definition) is 2. The highest BCUT2D eigenvalue weighted by atomic mass is 32.2. The standard InChI is InChI=1S/C10H20N4O2S/c1-3-4-5-13-17(15,16)10-8-12-14(9-10)7-6-11-2/h8-9,11,13H,3-7H2,1-2H3. The Hall–Kier alpha value is -0.920. The number of rotatable bonds is 8. The first-order valence-corrected chi connectivity index (χ1v) is 7.25. The van der Waals surface area contributed by atoms with Crippen LogP contribution in [0.3, 0.4) is 0 Å². The summed E-state index contributed by atoms with van der Waals surface area (Å²) in [4.78, 5) is 0.227. The van der Waals surface area contributed by atoms with Crippen LogP contribution >= 0.6 is 0 Å². The van der Waals surface area contributed by atoms with Crippen molar-refractivity contribution in [3.8, 4) is 0 Å². The Bertz CT molecular complexity index is 427. The highest BCUT2D eigenvalue weighted by Crippen LogP contribution is 2.06. The Morgan fingerprint density at radius 2 is 2.18 bits per heavy atom. The van der Waals surface area contributed by atoms with Gasteiger partial charge in [-0.15, -0.1) is 0 Å². The summed E-state index contributed by atoms with van der Waals surface area (Å²) in [6.07, 6.45) is 4.73. The molecule has 98 valence electrons. The molecule has 0 unspecified atom stereocenters. The fraction of sp³-hybridized carbons (Fsp3) is 0.700. The second-order valence-electron chi connectivity index (χ2n) is 3.79. The van der Waals surface area contributed by atoms with E-state index in [-0.39, 0.29) is 4.90 Å². The van der Waals surface area contributed by atoms with Crippen molar-refractivity contribution in [2.45, 2.75) is 31.2 Å². The van der Waals surface area contributed by atoms with E-state index in [0.717, 1.165) is 19.4 Å². The summed E-state index contributed by atoms with van der Waals surface area (Å²) in [5.41, 5.74) is 0. The zero-order valence-corrected chi connectivity index (χ0v) is 11.1. The average molecular weight is 260 g/mol. The van der Waals surface area contributed by atoms with Gasteiger partial charge >= 0.3 is 0 Å². The van der Waals surface area contributed by atoms with E-state index in [4.69, 9.17) is 0 Å². The molecule has 0 radical (unpaired) electrons. The quantitative estimate of drug-likeness (QED) is 0.654. The van der Waals surface area contributed by atoms with E-state index in [9.17, 15) is 8.42 Å². The van der Waals surface area contributed by atoms with E-state index in [2.05, 4.69) is 15.1 Å². The van der Waals surface area contributed by atoms with Gasteiger partial charge in [-0.05, 0) is 13.5 Å². The average Bonchev–Trinajstić information content (AvgIpc) is 2.76. The van der Waals surface area contributed by atoms with Crippen LogP contribution in [0, 0.1) is 0 Å². The zero-order chi connectivity index (χ0) is 12.7. The molecule has 6 nitrogen and oxygen atoms in total. The van der Waals surface area contributed by atoms with Crippen molar-refractivity contribution in [2.24, 2.45) is 0 Å². The smallest absolute Gasteiger partial charge is 0.243 e. The van der Waals surface area contributed by atoms with Gasteiger partial charge in [0.15, 0.2) is 0 Å². The van der Waals surface area contributed by atoms with E-state index < -0.39 is 10.0 Å². The van der Waals surface area contributed by atoms with E-state index in [1.807, 2.05) is 14.0 Å². The molecule has 0 amide bonds. The van der Waals surface area contributed by atoms with Gasteiger partial charge in [0.1, 0.15) is 4.90 Å². The molecule has 0 aliphatic carbocycles. The first kappa shape index (κ1) is 14.1. The van der Waals surface area contributed by atoms with Gasteiger partial charge in [-0.2, -0.15) is 5.10 Å². The van der Waals surface area contributed by atoms with E-state index in [0.29, 0.717) is 13.1 Å². The molecule has 0 aliphatic rings. The molecule has 1 rings (SSSR count). The molecule has 1 aromatic heterocycles. The minimum Gasteiger partial charge on any atom is -0.318 e. The lowest BCUT2D eigenvalue weighted by molar-refractivity contribution is 0.574. The number of hydrogen-bond acceptors (Lipinski definition) is 4. The summed E-state index contributed by atoms with van der Waals surface area (Å²) in [7, 11) is -1.55. The van der Waals surface area contributed by atoms with Gasteiger partial charge in [0.05, 0.1) is 12.7 Å². The Labute approximate surface area is 102 Å². The predicted molar refractivity (Wildman–Crippen MR) is 66.3 cm³/mol. The molecule has 0 atom stereocenters. The summed E-state index contributed by atoms with van der Waals surface area (Å²) >= 11 is 0. The molecule has 7 heteroatoms. The monoisotopic (exact) mass is 260 g/mol. The number of nitrogens with zero attached hydrogens (tertiary/aromatic N) is 2. The molecule has 0 saturated carbocycles. The number of aromatic nitrogens is 2. The van der Waals surface area contributed by atoms with Gasteiger partial charge in [0.25, 0.3) is 0 Å². The number of sulfonamides is 1. The van der Waals surface area contributed by atoms with E-state index in [1.54, 1.807) is 10.9 Å². The van der Waals surface area contributed by atoms with Crippen molar-refractivity contribution >= 4 is 10.0 Å². The molecule has 1 aromatic rings.